The minimum Gasteiger partial charge on any atom is -0.380 e. The van der Waals surface area contributed by atoms with Crippen LogP contribution in [0.3, 0.4) is 0 Å². The summed E-state index contributed by atoms with van der Waals surface area (Å²) < 4.78 is 19.5. The van der Waals surface area contributed by atoms with Crippen LogP contribution in [-0.2, 0) is 22.6 Å². The van der Waals surface area contributed by atoms with Gasteiger partial charge in [-0.2, -0.15) is 0 Å². The number of halogens is 1. The van der Waals surface area contributed by atoms with Gasteiger partial charge in [0.25, 0.3) is 0 Å². The zero-order valence-electron chi connectivity index (χ0n) is 15.8. The largest absolute Gasteiger partial charge is 0.380 e. The molecule has 1 aliphatic rings. The average molecular weight is 392 g/mol. The number of hydrogen-bond acceptors (Lipinski definition) is 5. The van der Waals surface area contributed by atoms with Crippen LogP contribution in [0, 0.1) is 5.82 Å². The third-order valence-electron chi connectivity index (χ3n) is 4.89. The molecule has 0 radical (unpaired) electrons. The molecule has 0 saturated carbocycles. The minimum absolute atomic E-state index is 0.0432. The van der Waals surface area contributed by atoms with Gasteiger partial charge in [-0.3, -0.25) is 14.8 Å². The van der Waals surface area contributed by atoms with Gasteiger partial charge in [0.15, 0.2) is 0 Å². The average Bonchev–Trinajstić information content (AvgIpc) is 2.76. The van der Waals surface area contributed by atoms with Crippen molar-refractivity contribution in [2.45, 2.75) is 19.1 Å². The number of pyridine rings is 2. The number of carbonyl (C=O) groups is 1. The van der Waals surface area contributed by atoms with Gasteiger partial charge in [0.1, 0.15) is 12.4 Å². The topological polar surface area (TPSA) is 67.3 Å². The van der Waals surface area contributed by atoms with Crippen LogP contribution in [0.5, 0.6) is 0 Å². The van der Waals surface area contributed by atoms with Crippen molar-refractivity contribution in [1.82, 2.24) is 14.9 Å². The first-order valence-corrected chi connectivity index (χ1v) is 9.40. The first-order valence-electron chi connectivity index (χ1n) is 9.40. The highest BCUT2D eigenvalue weighted by molar-refractivity contribution is 5.79. The number of nitrogens with one attached hydrogen (secondary N) is 1. The zero-order valence-corrected chi connectivity index (χ0v) is 15.8. The molecule has 1 amide bonds. The normalized spacial score (nSPS) is 16.7. The lowest BCUT2D eigenvalue weighted by molar-refractivity contribution is -0.149. The van der Waals surface area contributed by atoms with Crippen LogP contribution in [0.1, 0.15) is 22.9 Å². The molecule has 1 saturated heterocycles. The minimum atomic E-state index is -0.310. The van der Waals surface area contributed by atoms with E-state index in [4.69, 9.17) is 4.74 Å². The van der Waals surface area contributed by atoms with Crippen molar-refractivity contribution in [1.29, 1.82) is 0 Å². The van der Waals surface area contributed by atoms with Crippen LogP contribution in [0.15, 0.2) is 67.1 Å². The summed E-state index contributed by atoms with van der Waals surface area (Å²) in [5.41, 5.74) is 2.99. The second-order valence-electron chi connectivity index (χ2n) is 6.78. The van der Waals surface area contributed by atoms with E-state index < -0.39 is 0 Å². The lowest BCUT2D eigenvalue weighted by Gasteiger charge is -2.36. The summed E-state index contributed by atoms with van der Waals surface area (Å²) in [6, 6.07) is 13.8. The Labute approximate surface area is 168 Å². The Bertz CT molecular complexity index is 983. The molecule has 4 rings (SSSR count). The Morgan fingerprint density at radius 2 is 2.00 bits per heavy atom. The van der Waals surface area contributed by atoms with Crippen molar-refractivity contribution < 1.29 is 13.9 Å². The Kier molecular flexibility index (Phi) is 5.76. The van der Waals surface area contributed by atoms with Gasteiger partial charge in [0.05, 0.1) is 24.9 Å². The van der Waals surface area contributed by atoms with Crippen molar-refractivity contribution >= 4 is 11.6 Å². The molecule has 6 nitrogen and oxygen atoms in total. The van der Waals surface area contributed by atoms with E-state index in [0.29, 0.717) is 25.3 Å². The third kappa shape index (κ3) is 4.41. The fourth-order valence-corrected chi connectivity index (χ4v) is 3.39. The Morgan fingerprint density at radius 3 is 2.83 bits per heavy atom. The summed E-state index contributed by atoms with van der Waals surface area (Å²) in [4.78, 5) is 22.9. The van der Waals surface area contributed by atoms with E-state index in [1.807, 2.05) is 24.3 Å². The third-order valence-corrected chi connectivity index (χ3v) is 4.89. The number of morpholine rings is 1. The van der Waals surface area contributed by atoms with Gasteiger partial charge in [-0.05, 0) is 24.3 Å². The van der Waals surface area contributed by atoms with Crippen molar-refractivity contribution in [3.05, 3.63) is 89.8 Å². The second kappa shape index (κ2) is 8.79. The summed E-state index contributed by atoms with van der Waals surface area (Å²) in [5.74, 6) is -0.362. The number of ether oxygens (including phenoxy) is 1. The summed E-state index contributed by atoms with van der Waals surface area (Å²) in [6.45, 7) is 1.11. The SMILES string of the molecule is O=C1COCC(c2cnccc2NCc2ccccc2F)N1Cc1ccccn1. The highest BCUT2D eigenvalue weighted by Gasteiger charge is 2.32. The van der Waals surface area contributed by atoms with Gasteiger partial charge >= 0.3 is 0 Å². The first kappa shape index (κ1) is 19.0. The summed E-state index contributed by atoms with van der Waals surface area (Å²) in [5, 5.41) is 3.28. The molecule has 148 valence electrons. The molecule has 7 heteroatoms. The van der Waals surface area contributed by atoms with Gasteiger partial charge in [-0.1, -0.05) is 24.3 Å². The molecule has 29 heavy (non-hydrogen) atoms. The van der Waals surface area contributed by atoms with E-state index in [9.17, 15) is 9.18 Å². The highest BCUT2D eigenvalue weighted by Crippen LogP contribution is 2.31. The number of nitrogens with zero attached hydrogens (tertiary/aromatic N) is 3. The van der Waals surface area contributed by atoms with E-state index >= 15 is 0 Å². The molecule has 1 unspecified atom stereocenters. The molecule has 1 atom stereocenters. The number of rotatable bonds is 6. The molecule has 1 aliphatic heterocycles. The molecular weight excluding hydrogens is 371 g/mol. The van der Waals surface area contributed by atoms with E-state index in [0.717, 1.165) is 16.9 Å². The highest BCUT2D eigenvalue weighted by atomic mass is 19.1. The number of aromatic nitrogens is 2. The van der Waals surface area contributed by atoms with Crippen molar-refractivity contribution in [2.75, 3.05) is 18.5 Å². The fraction of sp³-hybridized carbons (Fsp3) is 0.227. The van der Waals surface area contributed by atoms with Crippen molar-refractivity contribution in [3.8, 4) is 0 Å². The van der Waals surface area contributed by atoms with Gasteiger partial charge < -0.3 is 15.0 Å². The zero-order chi connectivity index (χ0) is 20.1. The molecule has 3 heterocycles. The standard InChI is InChI=1S/C22H21FN4O2/c23-19-7-2-1-5-16(19)11-26-20-8-10-24-12-18(20)21-14-29-15-22(28)27(21)13-17-6-3-4-9-25-17/h1-10,12,21H,11,13-15H2,(H,24,26). The molecule has 3 aromatic rings. The lowest BCUT2D eigenvalue weighted by atomic mass is 10.0. The number of anilines is 1. The first-order chi connectivity index (χ1) is 14.2. The number of benzene rings is 1. The molecule has 0 spiro atoms. The van der Waals surface area contributed by atoms with Crippen LogP contribution in [-0.4, -0.2) is 34.0 Å². The quantitative estimate of drug-likeness (QED) is 0.697. The number of hydrogen-bond donors (Lipinski definition) is 1. The van der Waals surface area contributed by atoms with Crippen LogP contribution < -0.4 is 5.32 Å². The Balaban J connectivity index is 1.58. The van der Waals surface area contributed by atoms with E-state index in [1.54, 1.807) is 41.7 Å². The molecule has 1 aromatic carbocycles. The molecule has 0 aliphatic carbocycles. The maximum absolute atomic E-state index is 14.0. The predicted molar refractivity (Wildman–Crippen MR) is 106 cm³/mol. The van der Waals surface area contributed by atoms with Crippen LogP contribution in [0.2, 0.25) is 0 Å². The second-order valence-corrected chi connectivity index (χ2v) is 6.78. The van der Waals surface area contributed by atoms with E-state index in [-0.39, 0.29) is 24.4 Å². The van der Waals surface area contributed by atoms with Crippen LogP contribution in [0.25, 0.3) is 0 Å². The van der Waals surface area contributed by atoms with Gasteiger partial charge in [-0.15, -0.1) is 0 Å². The molecule has 1 N–H and O–H groups in total. The van der Waals surface area contributed by atoms with E-state index in [1.165, 1.54) is 6.07 Å². The molecule has 2 aromatic heterocycles. The smallest absolute Gasteiger partial charge is 0.249 e. The van der Waals surface area contributed by atoms with Gasteiger partial charge in [0, 0.05) is 41.9 Å². The summed E-state index contributed by atoms with van der Waals surface area (Å²) in [6.07, 6.45) is 5.10. The lowest BCUT2D eigenvalue weighted by Crippen LogP contribution is -2.44. The maximum Gasteiger partial charge on any atom is 0.249 e. The molecular formula is C22H21FN4O2. The van der Waals surface area contributed by atoms with E-state index in [2.05, 4.69) is 15.3 Å². The Morgan fingerprint density at radius 1 is 1.14 bits per heavy atom. The van der Waals surface area contributed by atoms with Gasteiger partial charge in [0.2, 0.25) is 5.91 Å². The Hall–Kier alpha value is -3.32. The summed E-state index contributed by atoms with van der Waals surface area (Å²) in [7, 11) is 0. The maximum atomic E-state index is 14.0. The monoisotopic (exact) mass is 392 g/mol. The van der Waals surface area contributed by atoms with Crippen LogP contribution in [0.4, 0.5) is 10.1 Å². The molecule has 1 fully saturated rings. The van der Waals surface area contributed by atoms with Gasteiger partial charge in [-0.25, -0.2) is 4.39 Å². The van der Waals surface area contributed by atoms with Crippen LogP contribution >= 0.6 is 0 Å². The predicted octanol–water partition coefficient (Wildman–Crippen LogP) is 3.33. The van der Waals surface area contributed by atoms with Crippen molar-refractivity contribution in [2.24, 2.45) is 0 Å². The number of amides is 1. The number of carbonyl (C=O) groups excluding carboxylic acids is 1. The summed E-state index contributed by atoms with van der Waals surface area (Å²) >= 11 is 0. The molecule has 0 bridgehead atoms. The van der Waals surface area contributed by atoms with Crippen molar-refractivity contribution in [3.63, 3.8) is 0 Å². The fourth-order valence-electron chi connectivity index (χ4n) is 3.39.